The predicted molar refractivity (Wildman–Crippen MR) is 157 cm³/mol. The Hall–Kier alpha value is -1.91. The summed E-state index contributed by atoms with van der Waals surface area (Å²) in [6, 6.07) is 8.41. The van der Waals surface area contributed by atoms with Crippen LogP contribution in [0.4, 0.5) is 4.79 Å². The highest BCUT2D eigenvalue weighted by Gasteiger charge is 2.15. The zero-order valence-corrected chi connectivity index (χ0v) is 25.5. The lowest BCUT2D eigenvalue weighted by molar-refractivity contribution is -0.0126. The van der Waals surface area contributed by atoms with Gasteiger partial charge in [-0.3, -0.25) is 0 Å². The number of hydrogen-bond acceptors (Lipinski definition) is 8. The summed E-state index contributed by atoms with van der Waals surface area (Å²) < 4.78 is 38.3. The van der Waals surface area contributed by atoms with Crippen LogP contribution in [0.15, 0.2) is 24.3 Å². The number of alkyl carbamates (subject to hydrolysis) is 1. The summed E-state index contributed by atoms with van der Waals surface area (Å²) in [5, 5.41) is 2.64. The predicted octanol–water partition coefficient (Wildman–Crippen LogP) is 5.58. The maximum atomic E-state index is 11.5. The number of benzene rings is 1. The summed E-state index contributed by atoms with van der Waals surface area (Å²) >= 11 is 0. The van der Waals surface area contributed by atoms with Gasteiger partial charge in [0.2, 0.25) is 0 Å². The van der Waals surface area contributed by atoms with E-state index < -0.39 is 11.7 Å². The van der Waals surface area contributed by atoms with E-state index in [1.165, 1.54) is 44.1 Å². The first-order valence-corrected chi connectivity index (χ1v) is 15.0. The molecule has 0 fully saturated rings. The van der Waals surface area contributed by atoms with Gasteiger partial charge in [0.25, 0.3) is 0 Å². The molecule has 9 heteroatoms. The number of ether oxygens (including phenoxy) is 7. The molecule has 0 saturated heterocycles. The highest BCUT2D eigenvalue weighted by atomic mass is 16.6. The minimum atomic E-state index is -0.502. The number of carbonyl (C=O) groups excluding carboxylic acids is 1. The van der Waals surface area contributed by atoms with Crippen molar-refractivity contribution in [1.29, 1.82) is 0 Å². The summed E-state index contributed by atoms with van der Waals surface area (Å²) in [7, 11) is 0. The van der Waals surface area contributed by atoms with Gasteiger partial charge in [-0.1, -0.05) is 51.2 Å². The van der Waals surface area contributed by atoms with E-state index in [0.29, 0.717) is 79.2 Å². The number of carbonyl (C=O) groups is 1. The van der Waals surface area contributed by atoms with Gasteiger partial charge in [-0.25, -0.2) is 4.79 Å². The maximum Gasteiger partial charge on any atom is 0.407 e. The Balaban J connectivity index is 1.79. The number of amides is 1. The zero-order valence-electron chi connectivity index (χ0n) is 25.5. The Kier molecular flexibility index (Phi) is 22.4. The lowest BCUT2D eigenvalue weighted by atomic mass is 10.0. The fraction of sp³-hybridized carbons (Fsp3) is 0.774. The van der Waals surface area contributed by atoms with E-state index in [4.69, 9.17) is 33.2 Å². The van der Waals surface area contributed by atoms with Gasteiger partial charge < -0.3 is 38.5 Å². The first-order chi connectivity index (χ1) is 19.4. The molecule has 0 bridgehead atoms. The third-order valence-corrected chi connectivity index (χ3v) is 5.64. The van der Waals surface area contributed by atoms with Crippen LogP contribution in [0.3, 0.4) is 0 Å². The van der Waals surface area contributed by atoms with Gasteiger partial charge in [0.05, 0.1) is 66.1 Å². The Morgan fingerprint density at radius 2 is 1.12 bits per heavy atom. The van der Waals surface area contributed by atoms with Crippen molar-refractivity contribution in [2.24, 2.45) is 0 Å². The van der Waals surface area contributed by atoms with Crippen LogP contribution in [-0.4, -0.2) is 90.9 Å². The van der Waals surface area contributed by atoms with E-state index in [2.05, 4.69) is 24.4 Å². The van der Waals surface area contributed by atoms with Gasteiger partial charge in [-0.15, -0.1) is 0 Å². The van der Waals surface area contributed by atoms with E-state index in [1.54, 1.807) is 0 Å². The van der Waals surface area contributed by atoms with Crippen LogP contribution >= 0.6 is 0 Å². The molecule has 0 aliphatic carbocycles. The molecule has 0 unspecified atom stereocenters. The lowest BCUT2D eigenvalue weighted by Gasteiger charge is -2.19. The summed E-state index contributed by atoms with van der Waals surface area (Å²) in [5.74, 6) is 0.882. The number of aryl methyl sites for hydroxylation is 1. The molecule has 1 amide bonds. The van der Waals surface area contributed by atoms with Crippen molar-refractivity contribution in [2.45, 2.75) is 78.2 Å². The van der Waals surface area contributed by atoms with Crippen molar-refractivity contribution in [2.75, 3.05) is 79.2 Å². The SMILES string of the molecule is CCCCCCCCc1ccc(OCCOCCOCCOCCOCCOCCNC(=O)OC(C)(C)C)cc1. The lowest BCUT2D eigenvalue weighted by Crippen LogP contribution is -2.34. The number of rotatable bonds is 26. The molecule has 40 heavy (non-hydrogen) atoms. The summed E-state index contributed by atoms with van der Waals surface area (Å²) in [6.45, 7) is 13.5. The molecule has 9 nitrogen and oxygen atoms in total. The monoisotopic (exact) mass is 569 g/mol. The van der Waals surface area contributed by atoms with E-state index in [9.17, 15) is 4.79 Å². The molecule has 0 spiro atoms. The number of hydrogen-bond donors (Lipinski definition) is 1. The van der Waals surface area contributed by atoms with Gasteiger partial charge >= 0.3 is 6.09 Å². The van der Waals surface area contributed by atoms with Crippen molar-refractivity contribution in [3.63, 3.8) is 0 Å². The molecule has 1 rings (SSSR count). The smallest absolute Gasteiger partial charge is 0.407 e. The first-order valence-electron chi connectivity index (χ1n) is 15.0. The van der Waals surface area contributed by atoms with Gasteiger partial charge in [0, 0.05) is 6.54 Å². The fourth-order valence-electron chi connectivity index (χ4n) is 3.60. The van der Waals surface area contributed by atoms with Crippen LogP contribution in [0, 0.1) is 0 Å². The second-order valence-electron chi connectivity index (χ2n) is 10.5. The summed E-state index contributed by atoms with van der Waals surface area (Å²) in [5.41, 5.74) is 0.873. The highest BCUT2D eigenvalue weighted by Crippen LogP contribution is 2.15. The Bertz CT molecular complexity index is 708. The molecule has 1 N–H and O–H groups in total. The number of unbranched alkanes of at least 4 members (excludes halogenated alkanes) is 5. The average Bonchev–Trinajstić information content (AvgIpc) is 2.91. The third kappa shape index (κ3) is 23.9. The molecule has 0 atom stereocenters. The van der Waals surface area contributed by atoms with E-state index >= 15 is 0 Å². The topological polar surface area (TPSA) is 93.7 Å². The van der Waals surface area contributed by atoms with Crippen LogP contribution in [0.2, 0.25) is 0 Å². The molecule has 0 saturated carbocycles. The number of nitrogens with one attached hydrogen (secondary N) is 1. The van der Waals surface area contributed by atoms with Gasteiger partial charge in [-0.2, -0.15) is 0 Å². The zero-order chi connectivity index (χ0) is 29.2. The fourth-order valence-corrected chi connectivity index (χ4v) is 3.60. The van der Waals surface area contributed by atoms with Crippen molar-refractivity contribution in [3.05, 3.63) is 29.8 Å². The largest absolute Gasteiger partial charge is 0.491 e. The second-order valence-corrected chi connectivity index (χ2v) is 10.5. The molecule has 0 aliphatic rings. The molecule has 1 aromatic rings. The van der Waals surface area contributed by atoms with E-state index in [0.717, 1.165) is 12.2 Å². The van der Waals surface area contributed by atoms with Crippen LogP contribution in [0.1, 0.15) is 71.8 Å². The van der Waals surface area contributed by atoms with Crippen LogP contribution < -0.4 is 10.1 Å². The van der Waals surface area contributed by atoms with Crippen molar-refractivity contribution in [1.82, 2.24) is 5.32 Å². The average molecular weight is 570 g/mol. The van der Waals surface area contributed by atoms with Crippen LogP contribution in [0.25, 0.3) is 0 Å². The summed E-state index contributed by atoms with van der Waals surface area (Å²) in [4.78, 5) is 11.5. The molecule has 0 radical (unpaired) electrons. The highest BCUT2D eigenvalue weighted by molar-refractivity contribution is 5.67. The normalized spacial score (nSPS) is 11.5. The van der Waals surface area contributed by atoms with Gasteiger partial charge in [0.15, 0.2) is 0 Å². The van der Waals surface area contributed by atoms with Crippen molar-refractivity contribution >= 4 is 6.09 Å². The quantitative estimate of drug-likeness (QED) is 0.145. The second kappa shape index (κ2) is 24.9. The van der Waals surface area contributed by atoms with Gasteiger partial charge in [-0.05, 0) is 51.3 Å². The Labute approximate surface area is 242 Å². The van der Waals surface area contributed by atoms with E-state index in [1.807, 2.05) is 32.9 Å². The first kappa shape index (κ1) is 36.1. The minimum Gasteiger partial charge on any atom is -0.491 e. The Morgan fingerprint density at radius 1 is 0.650 bits per heavy atom. The maximum absolute atomic E-state index is 11.5. The standard InChI is InChI=1S/C31H55NO8/c1-5-6-7-8-9-10-11-28-12-14-29(15-13-28)39-27-26-38-25-24-37-23-22-36-21-20-35-19-18-34-17-16-32-30(33)40-31(2,3)4/h12-15H,5-11,16-27H2,1-4H3,(H,32,33). The molecule has 0 aliphatic heterocycles. The van der Waals surface area contributed by atoms with E-state index in [-0.39, 0.29) is 0 Å². The third-order valence-electron chi connectivity index (χ3n) is 5.64. The minimum absolute atomic E-state index is 0.394. The molecule has 1 aromatic carbocycles. The Morgan fingerprint density at radius 3 is 1.65 bits per heavy atom. The molecule has 232 valence electrons. The van der Waals surface area contributed by atoms with Crippen molar-refractivity contribution in [3.8, 4) is 5.75 Å². The molecular weight excluding hydrogens is 514 g/mol. The molecule has 0 aromatic heterocycles. The van der Waals surface area contributed by atoms with Crippen LogP contribution in [0.5, 0.6) is 5.75 Å². The molecule has 0 heterocycles. The molecular formula is C31H55NO8. The van der Waals surface area contributed by atoms with Crippen molar-refractivity contribution < 1.29 is 38.0 Å². The summed E-state index contributed by atoms with van der Waals surface area (Å²) in [6.07, 6.45) is 8.64. The van der Waals surface area contributed by atoms with Gasteiger partial charge in [0.1, 0.15) is 18.0 Å². The van der Waals surface area contributed by atoms with Crippen LogP contribution in [-0.2, 0) is 34.8 Å².